The number of rotatable bonds is 3. The molecule has 1 aliphatic heterocycles. The summed E-state index contributed by atoms with van der Waals surface area (Å²) in [4.78, 5) is 4.03. The van der Waals surface area contributed by atoms with Gasteiger partial charge in [-0.25, -0.2) is 5.10 Å². The van der Waals surface area contributed by atoms with Crippen molar-refractivity contribution in [1.82, 2.24) is 15.2 Å². The lowest BCUT2D eigenvalue weighted by atomic mass is 10.1. The summed E-state index contributed by atoms with van der Waals surface area (Å²) in [5.74, 6) is 1.26. The minimum absolute atomic E-state index is 0.0310. The van der Waals surface area contributed by atoms with Gasteiger partial charge in [0.1, 0.15) is 0 Å². The van der Waals surface area contributed by atoms with Crippen molar-refractivity contribution >= 4 is 17.7 Å². The predicted octanol–water partition coefficient (Wildman–Crippen LogP) is 1.44. The van der Waals surface area contributed by atoms with Crippen molar-refractivity contribution in [3.63, 3.8) is 0 Å². The fraction of sp³-hybridized carbons (Fsp3) is 0.778. The number of nitrogens with zero attached hydrogens (tertiary/aromatic N) is 2. The summed E-state index contributed by atoms with van der Waals surface area (Å²) >= 11 is 1.58. The van der Waals surface area contributed by atoms with Crippen molar-refractivity contribution in [1.29, 1.82) is 0 Å². The first kappa shape index (κ1) is 10.8. The van der Waals surface area contributed by atoms with Crippen LogP contribution in [0.5, 0.6) is 0 Å². The number of anilines is 1. The second-order valence-electron chi connectivity index (χ2n) is 4.35. The minimum atomic E-state index is 0.0310. The Bertz CT molecular complexity index is 339. The quantitative estimate of drug-likeness (QED) is 0.765. The van der Waals surface area contributed by atoms with Crippen LogP contribution < -0.4 is 5.73 Å². The van der Waals surface area contributed by atoms with Crippen LogP contribution in [0.25, 0.3) is 0 Å². The summed E-state index contributed by atoms with van der Waals surface area (Å²) in [5, 5.41) is 7.27. The molecule has 1 atom stereocenters. The number of aromatic amines is 1. The molecule has 0 saturated carbocycles. The van der Waals surface area contributed by atoms with Crippen LogP contribution in [0.1, 0.15) is 26.7 Å². The second-order valence-corrected chi connectivity index (χ2v) is 5.34. The predicted molar refractivity (Wildman–Crippen MR) is 59.7 cm³/mol. The Balaban J connectivity index is 1.80. The highest BCUT2D eigenvalue weighted by Crippen LogP contribution is 2.31. The molecule has 0 radical (unpaired) electrons. The van der Waals surface area contributed by atoms with Crippen LogP contribution in [-0.4, -0.2) is 32.6 Å². The van der Waals surface area contributed by atoms with Crippen LogP contribution in [0.3, 0.4) is 0 Å². The van der Waals surface area contributed by atoms with Crippen molar-refractivity contribution in [2.75, 3.05) is 11.5 Å². The van der Waals surface area contributed by atoms with Crippen LogP contribution in [0, 0.1) is 0 Å². The topological polar surface area (TPSA) is 76.8 Å². The molecule has 0 spiro atoms. The number of nitrogen functional groups attached to an aromatic ring is 1. The van der Waals surface area contributed by atoms with Gasteiger partial charge in [-0.05, 0) is 26.7 Å². The zero-order chi connectivity index (χ0) is 10.9. The summed E-state index contributed by atoms with van der Waals surface area (Å²) in [6.45, 7) is 4.25. The van der Waals surface area contributed by atoms with Gasteiger partial charge in [0.15, 0.2) is 0 Å². The highest BCUT2D eigenvalue weighted by Gasteiger charge is 2.31. The van der Waals surface area contributed by atoms with E-state index in [9.17, 15) is 0 Å². The van der Waals surface area contributed by atoms with Crippen LogP contribution in [0.2, 0.25) is 0 Å². The summed E-state index contributed by atoms with van der Waals surface area (Å²) in [6, 6.07) is 0. The van der Waals surface area contributed by atoms with Crippen molar-refractivity contribution in [2.45, 2.75) is 43.6 Å². The lowest BCUT2D eigenvalue weighted by molar-refractivity contribution is -0.00468. The molecule has 1 aliphatic rings. The van der Waals surface area contributed by atoms with Gasteiger partial charge in [-0.2, -0.15) is 4.98 Å². The minimum Gasteiger partial charge on any atom is -0.371 e. The molecule has 0 aromatic carbocycles. The summed E-state index contributed by atoms with van der Waals surface area (Å²) < 4.78 is 5.86. The molecule has 1 unspecified atom stereocenters. The smallest absolute Gasteiger partial charge is 0.216 e. The van der Waals surface area contributed by atoms with E-state index in [0.29, 0.717) is 17.2 Å². The monoisotopic (exact) mass is 228 g/mol. The van der Waals surface area contributed by atoms with Crippen LogP contribution in [0.15, 0.2) is 5.16 Å². The van der Waals surface area contributed by atoms with Crippen molar-refractivity contribution in [2.24, 2.45) is 0 Å². The molecule has 2 heterocycles. The SMILES string of the molecule is CC1(C)CCC(CSc2n[nH]c(N)n2)O1. The van der Waals surface area contributed by atoms with Gasteiger partial charge >= 0.3 is 0 Å². The Hall–Kier alpha value is -0.750. The highest BCUT2D eigenvalue weighted by molar-refractivity contribution is 7.99. The third kappa shape index (κ3) is 2.85. The third-order valence-corrected chi connectivity index (χ3v) is 3.41. The van der Waals surface area contributed by atoms with Gasteiger partial charge in [0.05, 0.1) is 11.7 Å². The van der Waals surface area contributed by atoms with Crippen LogP contribution in [-0.2, 0) is 4.74 Å². The normalized spacial score (nSPS) is 24.5. The Labute approximate surface area is 93.2 Å². The maximum Gasteiger partial charge on any atom is 0.216 e. The summed E-state index contributed by atoms with van der Waals surface area (Å²) in [7, 11) is 0. The standard InChI is InChI=1S/C9H16N4OS/c1-9(2)4-3-6(14-9)5-15-8-11-7(10)12-13-8/h6H,3-5H2,1-2H3,(H3,10,11,12,13). The lowest BCUT2D eigenvalue weighted by Crippen LogP contribution is -2.21. The fourth-order valence-electron chi connectivity index (χ4n) is 1.69. The van der Waals surface area contributed by atoms with Crippen molar-refractivity contribution < 1.29 is 4.74 Å². The van der Waals surface area contributed by atoms with Gasteiger partial charge in [-0.15, -0.1) is 5.10 Å². The largest absolute Gasteiger partial charge is 0.371 e. The number of nitrogens with one attached hydrogen (secondary N) is 1. The van der Waals surface area contributed by atoms with E-state index in [1.54, 1.807) is 11.8 Å². The van der Waals surface area contributed by atoms with Gasteiger partial charge in [0, 0.05) is 5.75 Å². The van der Waals surface area contributed by atoms with Gasteiger partial charge in [0.2, 0.25) is 11.1 Å². The van der Waals surface area contributed by atoms with E-state index in [0.717, 1.165) is 18.6 Å². The van der Waals surface area contributed by atoms with E-state index in [4.69, 9.17) is 10.5 Å². The van der Waals surface area contributed by atoms with Crippen molar-refractivity contribution in [3.8, 4) is 0 Å². The van der Waals surface area contributed by atoms with Gasteiger partial charge in [-0.3, -0.25) is 0 Å². The number of hydrogen-bond donors (Lipinski definition) is 2. The Morgan fingerprint density at radius 1 is 1.67 bits per heavy atom. The van der Waals surface area contributed by atoms with E-state index in [2.05, 4.69) is 29.0 Å². The van der Waals surface area contributed by atoms with E-state index >= 15 is 0 Å². The molecule has 84 valence electrons. The molecular formula is C9H16N4OS. The number of H-pyrrole nitrogens is 1. The Kier molecular flexibility index (Phi) is 2.88. The molecule has 0 bridgehead atoms. The molecule has 15 heavy (non-hydrogen) atoms. The lowest BCUT2D eigenvalue weighted by Gasteiger charge is -2.18. The molecule has 1 saturated heterocycles. The zero-order valence-electron chi connectivity index (χ0n) is 8.99. The highest BCUT2D eigenvalue weighted by atomic mass is 32.2. The number of nitrogens with two attached hydrogens (primary N) is 1. The number of hydrogen-bond acceptors (Lipinski definition) is 5. The molecule has 5 nitrogen and oxygen atoms in total. The molecule has 6 heteroatoms. The maximum absolute atomic E-state index is 5.86. The molecule has 1 fully saturated rings. The van der Waals surface area contributed by atoms with Gasteiger partial charge in [-0.1, -0.05) is 11.8 Å². The molecule has 3 N–H and O–H groups in total. The van der Waals surface area contributed by atoms with Crippen LogP contribution >= 0.6 is 11.8 Å². The Morgan fingerprint density at radius 2 is 2.47 bits per heavy atom. The molecule has 1 aromatic heterocycles. The first-order chi connectivity index (χ1) is 7.05. The van der Waals surface area contributed by atoms with Gasteiger partial charge < -0.3 is 10.5 Å². The van der Waals surface area contributed by atoms with Crippen molar-refractivity contribution in [3.05, 3.63) is 0 Å². The number of thioether (sulfide) groups is 1. The average molecular weight is 228 g/mol. The summed E-state index contributed by atoms with van der Waals surface area (Å²) in [5.41, 5.74) is 5.46. The van der Waals surface area contributed by atoms with E-state index in [1.807, 2.05) is 0 Å². The zero-order valence-corrected chi connectivity index (χ0v) is 9.80. The molecular weight excluding hydrogens is 212 g/mol. The first-order valence-electron chi connectivity index (χ1n) is 5.04. The van der Waals surface area contributed by atoms with E-state index in [1.165, 1.54) is 0 Å². The summed E-state index contributed by atoms with van der Waals surface area (Å²) in [6.07, 6.45) is 2.54. The maximum atomic E-state index is 5.86. The Morgan fingerprint density at radius 3 is 3.00 bits per heavy atom. The third-order valence-electron chi connectivity index (χ3n) is 2.43. The second kappa shape index (κ2) is 4.02. The van der Waals surface area contributed by atoms with Crippen LogP contribution in [0.4, 0.5) is 5.95 Å². The molecule has 0 aliphatic carbocycles. The van der Waals surface area contributed by atoms with E-state index < -0.39 is 0 Å². The average Bonchev–Trinajstić information content (AvgIpc) is 2.69. The number of ether oxygens (including phenoxy) is 1. The van der Waals surface area contributed by atoms with Gasteiger partial charge in [0.25, 0.3) is 0 Å². The molecule has 0 amide bonds. The first-order valence-corrected chi connectivity index (χ1v) is 6.02. The van der Waals surface area contributed by atoms with E-state index in [-0.39, 0.29) is 5.60 Å². The molecule has 2 rings (SSSR count). The number of aromatic nitrogens is 3. The fourth-order valence-corrected chi connectivity index (χ4v) is 2.53. The molecule has 1 aromatic rings.